The van der Waals surface area contributed by atoms with Gasteiger partial charge >= 0.3 is 0 Å². The number of carbonyl (C=O) groups excluding carboxylic acids is 1. The molecule has 1 aromatic carbocycles. The molecule has 0 aromatic heterocycles. The first-order valence-corrected chi connectivity index (χ1v) is 6.76. The van der Waals surface area contributed by atoms with E-state index in [2.05, 4.69) is 0 Å². The number of aromatic hydroxyl groups is 1. The normalized spacial score (nSPS) is 19.7. The smallest absolute Gasteiger partial charge is 0.203 e. The first-order chi connectivity index (χ1) is 8.75. The number of hydrogen-bond acceptors (Lipinski definition) is 3. The van der Waals surface area contributed by atoms with Crippen molar-refractivity contribution in [2.24, 2.45) is 5.92 Å². The first-order valence-electron chi connectivity index (χ1n) is 6.76. The molecule has 0 bridgehead atoms. The van der Waals surface area contributed by atoms with Crippen molar-refractivity contribution < 1.29 is 14.6 Å². The van der Waals surface area contributed by atoms with Crippen LogP contribution in [0.5, 0.6) is 11.5 Å². The lowest BCUT2D eigenvalue weighted by Gasteiger charge is -2.22. The fraction of sp³-hybridized carbons (Fsp3) is 0.533. The average Bonchev–Trinajstić information content (AvgIpc) is 2.76. The molecule has 3 nitrogen and oxygen atoms in total. The van der Waals surface area contributed by atoms with Gasteiger partial charge in [-0.25, -0.2) is 0 Å². The Morgan fingerprint density at radius 2 is 2.00 bits per heavy atom. The van der Waals surface area contributed by atoms with Crippen molar-refractivity contribution in [2.75, 3.05) is 6.61 Å². The third-order valence-electron chi connectivity index (χ3n) is 4.10. The molecular weight excluding hydrogens is 228 g/mol. The maximum Gasteiger partial charge on any atom is 0.203 e. The van der Waals surface area contributed by atoms with Gasteiger partial charge in [-0.1, -0.05) is 32.1 Å². The van der Waals surface area contributed by atoms with E-state index in [1.54, 1.807) is 12.1 Å². The van der Waals surface area contributed by atoms with Crippen LogP contribution in [0.2, 0.25) is 0 Å². The van der Waals surface area contributed by atoms with Crippen LogP contribution < -0.4 is 4.74 Å². The van der Waals surface area contributed by atoms with Crippen molar-refractivity contribution in [1.29, 1.82) is 0 Å². The van der Waals surface area contributed by atoms with Gasteiger partial charge in [-0.3, -0.25) is 4.79 Å². The highest BCUT2D eigenvalue weighted by molar-refractivity contribution is 6.02. The van der Waals surface area contributed by atoms with Gasteiger partial charge in [0.2, 0.25) is 5.78 Å². The molecule has 1 aliphatic heterocycles. The van der Waals surface area contributed by atoms with Crippen LogP contribution in [-0.2, 0) is 6.42 Å². The van der Waals surface area contributed by atoms with Gasteiger partial charge in [0.05, 0.1) is 5.56 Å². The Morgan fingerprint density at radius 1 is 1.22 bits per heavy atom. The van der Waals surface area contributed by atoms with E-state index in [4.69, 9.17) is 4.74 Å². The van der Waals surface area contributed by atoms with Gasteiger partial charge in [-0.05, 0) is 24.5 Å². The number of ether oxygens (including phenoxy) is 1. The van der Waals surface area contributed by atoms with Crippen molar-refractivity contribution in [3.05, 3.63) is 23.3 Å². The number of benzene rings is 1. The second-order valence-electron chi connectivity index (χ2n) is 5.36. The van der Waals surface area contributed by atoms with Gasteiger partial charge in [-0.15, -0.1) is 0 Å². The van der Waals surface area contributed by atoms with Crippen LogP contribution in [0.3, 0.4) is 0 Å². The summed E-state index contributed by atoms with van der Waals surface area (Å²) in [7, 11) is 0. The molecule has 1 aliphatic carbocycles. The molecule has 0 saturated heterocycles. The minimum Gasteiger partial charge on any atom is -0.508 e. The van der Waals surface area contributed by atoms with Crippen molar-refractivity contribution in [1.82, 2.24) is 0 Å². The van der Waals surface area contributed by atoms with E-state index in [-0.39, 0.29) is 18.1 Å². The zero-order valence-electron chi connectivity index (χ0n) is 10.4. The van der Waals surface area contributed by atoms with Crippen LogP contribution in [-0.4, -0.2) is 17.5 Å². The fourth-order valence-electron chi connectivity index (χ4n) is 3.09. The largest absolute Gasteiger partial charge is 0.508 e. The molecule has 0 unspecified atom stereocenters. The Hall–Kier alpha value is -1.51. The van der Waals surface area contributed by atoms with E-state index >= 15 is 0 Å². The lowest BCUT2D eigenvalue weighted by atomic mass is 9.84. The maximum atomic E-state index is 11.6. The minimum absolute atomic E-state index is 0.0231. The second kappa shape index (κ2) is 4.63. The number of phenols is 1. The number of Topliss-reactive ketones (excluding diaryl/α,β-unsaturated/α-hetero) is 1. The Morgan fingerprint density at radius 3 is 2.78 bits per heavy atom. The third kappa shape index (κ3) is 1.98. The average molecular weight is 246 g/mol. The van der Waals surface area contributed by atoms with E-state index in [9.17, 15) is 9.90 Å². The third-order valence-corrected chi connectivity index (χ3v) is 4.10. The predicted molar refractivity (Wildman–Crippen MR) is 68.2 cm³/mol. The molecule has 2 aliphatic rings. The van der Waals surface area contributed by atoms with Gasteiger partial charge in [0.1, 0.15) is 11.5 Å². The topological polar surface area (TPSA) is 46.5 Å². The molecular formula is C15H18O3. The number of fused-ring (bicyclic) bond motifs is 1. The van der Waals surface area contributed by atoms with Gasteiger partial charge in [0.15, 0.2) is 6.61 Å². The van der Waals surface area contributed by atoms with E-state index in [1.165, 1.54) is 32.1 Å². The standard InChI is InChI=1S/C15H18O3/c16-13-7-6-11-14(17)9-18-15(11)12(13)8-10-4-2-1-3-5-10/h6-7,10,16H,1-5,8-9H2. The summed E-state index contributed by atoms with van der Waals surface area (Å²) >= 11 is 0. The van der Waals surface area contributed by atoms with Crippen LogP contribution in [0.4, 0.5) is 0 Å². The molecule has 0 radical (unpaired) electrons. The van der Waals surface area contributed by atoms with Crippen molar-refractivity contribution in [2.45, 2.75) is 38.5 Å². The zero-order chi connectivity index (χ0) is 12.5. The van der Waals surface area contributed by atoms with Crippen LogP contribution in [0.25, 0.3) is 0 Å². The van der Waals surface area contributed by atoms with E-state index in [0.29, 0.717) is 17.2 Å². The number of phenolic OH excluding ortho intramolecular Hbond substituents is 1. The summed E-state index contributed by atoms with van der Waals surface area (Å²) in [5, 5.41) is 10.0. The monoisotopic (exact) mass is 246 g/mol. The molecule has 18 heavy (non-hydrogen) atoms. The van der Waals surface area contributed by atoms with E-state index in [1.807, 2.05) is 0 Å². The highest BCUT2D eigenvalue weighted by Gasteiger charge is 2.27. The SMILES string of the molecule is O=C1COc2c1ccc(O)c2CC1CCCCC1. The minimum atomic E-state index is 0.0231. The maximum absolute atomic E-state index is 11.6. The molecule has 1 fully saturated rings. The molecule has 0 amide bonds. The molecule has 3 rings (SSSR count). The second-order valence-corrected chi connectivity index (χ2v) is 5.36. The summed E-state index contributed by atoms with van der Waals surface area (Å²) in [6.07, 6.45) is 7.15. The van der Waals surface area contributed by atoms with Gasteiger partial charge in [0.25, 0.3) is 0 Å². The number of hydrogen-bond donors (Lipinski definition) is 1. The van der Waals surface area contributed by atoms with Gasteiger partial charge in [0, 0.05) is 5.56 Å². The van der Waals surface area contributed by atoms with Crippen LogP contribution in [0.15, 0.2) is 12.1 Å². The van der Waals surface area contributed by atoms with Crippen molar-refractivity contribution in [3.63, 3.8) is 0 Å². The van der Waals surface area contributed by atoms with Crippen LogP contribution >= 0.6 is 0 Å². The lowest BCUT2D eigenvalue weighted by molar-refractivity contribution is 0.0961. The summed E-state index contributed by atoms with van der Waals surface area (Å²) in [6, 6.07) is 3.30. The summed E-state index contributed by atoms with van der Waals surface area (Å²) in [4.78, 5) is 11.6. The number of carbonyl (C=O) groups is 1. The molecule has 1 heterocycles. The van der Waals surface area contributed by atoms with Gasteiger partial charge < -0.3 is 9.84 Å². The number of rotatable bonds is 2. The van der Waals surface area contributed by atoms with E-state index in [0.717, 1.165) is 12.0 Å². The number of ketones is 1. The highest BCUT2D eigenvalue weighted by atomic mass is 16.5. The Labute approximate surface area is 107 Å². The summed E-state index contributed by atoms with van der Waals surface area (Å²) in [5.74, 6) is 1.55. The molecule has 1 saturated carbocycles. The Balaban J connectivity index is 1.89. The Bertz CT molecular complexity index is 473. The highest BCUT2D eigenvalue weighted by Crippen LogP contribution is 2.39. The van der Waals surface area contributed by atoms with Gasteiger partial charge in [-0.2, -0.15) is 0 Å². The van der Waals surface area contributed by atoms with Crippen molar-refractivity contribution >= 4 is 5.78 Å². The molecule has 96 valence electrons. The van der Waals surface area contributed by atoms with Crippen molar-refractivity contribution in [3.8, 4) is 11.5 Å². The molecule has 1 aromatic rings. The molecule has 0 spiro atoms. The molecule has 0 atom stereocenters. The fourth-order valence-corrected chi connectivity index (χ4v) is 3.09. The predicted octanol–water partition coefficient (Wildman–Crippen LogP) is 3.09. The first kappa shape index (κ1) is 11.6. The molecule has 1 N–H and O–H groups in total. The van der Waals surface area contributed by atoms with E-state index < -0.39 is 0 Å². The molecule has 3 heteroatoms. The quantitative estimate of drug-likeness (QED) is 0.872. The Kier molecular flexibility index (Phi) is 2.98. The summed E-state index contributed by atoms with van der Waals surface area (Å²) in [5.41, 5.74) is 1.48. The lowest BCUT2D eigenvalue weighted by Crippen LogP contribution is -2.10. The van der Waals surface area contributed by atoms with Crippen LogP contribution in [0, 0.1) is 5.92 Å². The zero-order valence-corrected chi connectivity index (χ0v) is 10.4. The van der Waals surface area contributed by atoms with Crippen LogP contribution in [0.1, 0.15) is 48.0 Å². The summed E-state index contributed by atoms with van der Waals surface area (Å²) < 4.78 is 5.45. The summed E-state index contributed by atoms with van der Waals surface area (Å²) in [6.45, 7) is 0.121.